The molecule has 0 fully saturated rings. The van der Waals surface area contributed by atoms with Crippen molar-refractivity contribution < 1.29 is 0 Å². The summed E-state index contributed by atoms with van der Waals surface area (Å²) in [7, 11) is 0. The fourth-order valence-electron chi connectivity index (χ4n) is 1.63. The van der Waals surface area contributed by atoms with Crippen LogP contribution in [0, 0.1) is 6.92 Å². The Labute approximate surface area is 125 Å². The molecule has 0 spiro atoms. The molecule has 0 aliphatic rings. The SMILES string of the molecule is Cc1nc(CCNCc2ccc(Br)cc2Cl)cs1. The van der Waals surface area contributed by atoms with E-state index in [1.54, 1.807) is 11.3 Å². The maximum Gasteiger partial charge on any atom is 0.0897 e. The van der Waals surface area contributed by atoms with Crippen molar-refractivity contribution in [2.24, 2.45) is 0 Å². The molecule has 2 rings (SSSR count). The van der Waals surface area contributed by atoms with Crippen LogP contribution in [-0.2, 0) is 13.0 Å². The van der Waals surface area contributed by atoms with Crippen molar-refractivity contribution in [2.45, 2.75) is 19.9 Å². The zero-order valence-corrected chi connectivity index (χ0v) is 13.2. The van der Waals surface area contributed by atoms with Crippen molar-refractivity contribution in [2.75, 3.05) is 6.54 Å². The first kappa shape index (κ1) is 14.0. The predicted molar refractivity (Wildman–Crippen MR) is 81.4 cm³/mol. The summed E-state index contributed by atoms with van der Waals surface area (Å²) in [4.78, 5) is 4.43. The van der Waals surface area contributed by atoms with E-state index in [0.717, 1.165) is 45.3 Å². The van der Waals surface area contributed by atoms with Crippen LogP contribution in [0.1, 0.15) is 16.3 Å². The van der Waals surface area contributed by atoms with Gasteiger partial charge in [0.25, 0.3) is 0 Å². The van der Waals surface area contributed by atoms with E-state index in [1.807, 2.05) is 25.1 Å². The molecule has 0 atom stereocenters. The quantitative estimate of drug-likeness (QED) is 0.822. The first-order valence-corrected chi connectivity index (χ1v) is 7.76. The molecule has 1 aromatic carbocycles. The predicted octanol–water partition coefficient (Wildman–Crippen LogP) is 4.20. The normalized spacial score (nSPS) is 10.8. The van der Waals surface area contributed by atoms with E-state index in [2.05, 4.69) is 31.6 Å². The zero-order valence-electron chi connectivity index (χ0n) is 10.0. The van der Waals surface area contributed by atoms with E-state index in [0.29, 0.717) is 0 Å². The number of hydrogen-bond donors (Lipinski definition) is 1. The van der Waals surface area contributed by atoms with Crippen LogP contribution in [0.5, 0.6) is 0 Å². The minimum Gasteiger partial charge on any atom is -0.312 e. The Kier molecular flexibility index (Phi) is 5.18. The highest BCUT2D eigenvalue weighted by Gasteiger charge is 2.01. The van der Waals surface area contributed by atoms with Crippen LogP contribution in [0.25, 0.3) is 0 Å². The Morgan fingerprint density at radius 3 is 2.94 bits per heavy atom. The standard InChI is InChI=1S/C13H14BrClN2S/c1-9-17-12(8-18-9)4-5-16-7-10-2-3-11(14)6-13(10)15/h2-3,6,8,16H,4-5,7H2,1H3. The summed E-state index contributed by atoms with van der Waals surface area (Å²) >= 11 is 11.2. The van der Waals surface area contributed by atoms with Gasteiger partial charge in [0.1, 0.15) is 0 Å². The summed E-state index contributed by atoms with van der Waals surface area (Å²) in [6.07, 6.45) is 0.957. The Morgan fingerprint density at radius 2 is 2.28 bits per heavy atom. The van der Waals surface area contributed by atoms with Crippen molar-refractivity contribution >= 4 is 38.9 Å². The lowest BCUT2D eigenvalue weighted by Crippen LogP contribution is -2.17. The van der Waals surface area contributed by atoms with Crippen LogP contribution in [-0.4, -0.2) is 11.5 Å². The number of aromatic nitrogens is 1. The third-order valence-corrected chi connectivity index (χ3v) is 4.22. The summed E-state index contributed by atoms with van der Waals surface area (Å²) in [6, 6.07) is 5.96. The average Bonchev–Trinajstić information content (AvgIpc) is 2.73. The molecule has 1 N–H and O–H groups in total. The Balaban J connectivity index is 1.78. The lowest BCUT2D eigenvalue weighted by Gasteiger charge is -2.06. The zero-order chi connectivity index (χ0) is 13.0. The molecule has 1 aromatic heterocycles. The van der Waals surface area contributed by atoms with Gasteiger partial charge in [-0.1, -0.05) is 33.6 Å². The van der Waals surface area contributed by atoms with Crippen LogP contribution in [0.15, 0.2) is 28.1 Å². The number of hydrogen-bond acceptors (Lipinski definition) is 3. The lowest BCUT2D eigenvalue weighted by atomic mass is 10.2. The molecule has 2 nitrogen and oxygen atoms in total. The van der Waals surface area contributed by atoms with E-state index in [1.165, 1.54) is 0 Å². The molecule has 0 bridgehead atoms. The molecule has 0 amide bonds. The first-order valence-electron chi connectivity index (χ1n) is 5.71. The monoisotopic (exact) mass is 344 g/mol. The Bertz CT molecular complexity index is 527. The molecule has 0 unspecified atom stereocenters. The van der Waals surface area contributed by atoms with Gasteiger partial charge in [-0.2, -0.15) is 0 Å². The molecular formula is C13H14BrClN2S. The number of thiazole rings is 1. The molecule has 0 aliphatic carbocycles. The van der Waals surface area contributed by atoms with E-state index in [-0.39, 0.29) is 0 Å². The number of rotatable bonds is 5. The van der Waals surface area contributed by atoms with Crippen LogP contribution in [0.4, 0.5) is 0 Å². The van der Waals surface area contributed by atoms with Crippen LogP contribution in [0.2, 0.25) is 5.02 Å². The molecule has 0 radical (unpaired) electrons. The molecule has 1 heterocycles. The third-order valence-electron chi connectivity index (χ3n) is 2.56. The number of benzene rings is 1. The van der Waals surface area contributed by atoms with Gasteiger partial charge in [-0.05, 0) is 24.6 Å². The van der Waals surface area contributed by atoms with Crippen LogP contribution in [0.3, 0.4) is 0 Å². The van der Waals surface area contributed by atoms with Gasteiger partial charge >= 0.3 is 0 Å². The van der Waals surface area contributed by atoms with E-state index in [9.17, 15) is 0 Å². The van der Waals surface area contributed by atoms with Gasteiger partial charge in [0.2, 0.25) is 0 Å². The van der Waals surface area contributed by atoms with Crippen molar-refractivity contribution in [3.63, 3.8) is 0 Å². The molecule has 0 aliphatic heterocycles. The summed E-state index contributed by atoms with van der Waals surface area (Å²) < 4.78 is 1.01. The van der Waals surface area contributed by atoms with Crippen molar-refractivity contribution in [1.82, 2.24) is 10.3 Å². The van der Waals surface area contributed by atoms with Gasteiger partial charge in [0.05, 0.1) is 10.7 Å². The van der Waals surface area contributed by atoms with Gasteiger partial charge in [0.15, 0.2) is 0 Å². The van der Waals surface area contributed by atoms with E-state index in [4.69, 9.17) is 11.6 Å². The molecule has 0 saturated carbocycles. The number of nitrogens with one attached hydrogen (secondary N) is 1. The van der Waals surface area contributed by atoms with Gasteiger partial charge in [0, 0.05) is 34.4 Å². The van der Waals surface area contributed by atoms with E-state index >= 15 is 0 Å². The largest absolute Gasteiger partial charge is 0.312 e. The fraction of sp³-hybridized carbons (Fsp3) is 0.308. The van der Waals surface area contributed by atoms with Crippen molar-refractivity contribution in [3.8, 4) is 0 Å². The number of halogens is 2. The highest BCUT2D eigenvalue weighted by molar-refractivity contribution is 9.10. The summed E-state index contributed by atoms with van der Waals surface area (Å²) in [6.45, 7) is 3.73. The fourth-order valence-corrected chi connectivity index (χ4v) is 3.01. The Hall–Kier alpha value is -0.420. The highest BCUT2D eigenvalue weighted by Crippen LogP contribution is 2.21. The van der Waals surface area contributed by atoms with Gasteiger partial charge in [-0.3, -0.25) is 0 Å². The van der Waals surface area contributed by atoms with Crippen LogP contribution < -0.4 is 5.32 Å². The van der Waals surface area contributed by atoms with Crippen LogP contribution >= 0.6 is 38.9 Å². The summed E-state index contributed by atoms with van der Waals surface area (Å²) in [5.41, 5.74) is 2.28. The third kappa shape index (κ3) is 4.05. The number of nitrogens with zero attached hydrogens (tertiary/aromatic N) is 1. The number of aryl methyl sites for hydroxylation is 1. The minimum absolute atomic E-state index is 0.787. The molecule has 5 heteroatoms. The molecule has 18 heavy (non-hydrogen) atoms. The van der Waals surface area contributed by atoms with Gasteiger partial charge in [-0.15, -0.1) is 11.3 Å². The van der Waals surface area contributed by atoms with Crippen molar-refractivity contribution in [1.29, 1.82) is 0 Å². The maximum absolute atomic E-state index is 6.15. The maximum atomic E-state index is 6.15. The molecular weight excluding hydrogens is 332 g/mol. The Morgan fingerprint density at radius 1 is 1.44 bits per heavy atom. The molecule has 2 aromatic rings. The highest BCUT2D eigenvalue weighted by atomic mass is 79.9. The molecule has 96 valence electrons. The second-order valence-corrected chi connectivity index (χ2v) is 6.41. The average molecular weight is 346 g/mol. The van der Waals surface area contributed by atoms with E-state index < -0.39 is 0 Å². The summed E-state index contributed by atoms with van der Waals surface area (Å²) in [5.74, 6) is 0. The minimum atomic E-state index is 0.787. The second-order valence-electron chi connectivity index (χ2n) is 4.02. The van der Waals surface area contributed by atoms with Crippen molar-refractivity contribution in [3.05, 3.63) is 49.3 Å². The topological polar surface area (TPSA) is 24.9 Å². The smallest absolute Gasteiger partial charge is 0.0897 e. The second kappa shape index (κ2) is 6.66. The van der Waals surface area contributed by atoms with Gasteiger partial charge < -0.3 is 5.32 Å². The molecule has 0 saturated heterocycles. The first-order chi connectivity index (χ1) is 8.65. The summed E-state index contributed by atoms with van der Waals surface area (Å²) in [5, 5.41) is 7.42. The lowest BCUT2D eigenvalue weighted by molar-refractivity contribution is 0.681. The van der Waals surface area contributed by atoms with Gasteiger partial charge in [-0.25, -0.2) is 4.98 Å².